The molecular formula is C20H30N2O5S. The minimum absolute atomic E-state index is 0.0350. The van der Waals surface area contributed by atoms with E-state index < -0.39 is 16.0 Å². The number of nitrogens with zero attached hydrogens (tertiary/aromatic N) is 1. The Kier molecular flexibility index (Phi) is 8.44. The van der Waals surface area contributed by atoms with E-state index in [-0.39, 0.29) is 29.0 Å². The van der Waals surface area contributed by atoms with Crippen LogP contribution in [0, 0.1) is 0 Å². The van der Waals surface area contributed by atoms with Crippen LogP contribution in [-0.4, -0.2) is 50.3 Å². The van der Waals surface area contributed by atoms with Gasteiger partial charge in [0.05, 0.1) is 10.5 Å². The Morgan fingerprint density at radius 1 is 1.14 bits per heavy atom. The van der Waals surface area contributed by atoms with E-state index in [1.807, 2.05) is 6.92 Å². The number of amides is 1. The molecule has 1 fully saturated rings. The smallest absolute Gasteiger partial charge is 0.338 e. The van der Waals surface area contributed by atoms with Gasteiger partial charge in [-0.1, -0.05) is 26.2 Å². The van der Waals surface area contributed by atoms with Crippen molar-refractivity contribution in [3.05, 3.63) is 29.8 Å². The maximum atomic E-state index is 12.5. The molecule has 1 aromatic rings. The lowest BCUT2D eigenvalue weighted by Gasteiger charge is -2.15. The molecule has 1 saturated heterocycles. The van der Waals surface area contributed by atoms with Crippen molar-refractivity contribution in [3.8, 4) is 0 Å². The second kappa shape index (κ2) is 10.6. The van der Waals surface area contributed by atoms with E-state index >= 15 is 0 Å². The van der Waals surface area contributed by atoms with E-state index in [9.17, 15) is 18.0 Å². The largest absolute Gasteiger partial charge is 0.452 e. The van der Waals surface area contributed by atoms with Gasteiger partial charge in [-0.3, -0.25) is 4.79 Å². The van der Waals surface area contributed by atoms with Gasteiger partial charge >= 0.3 is 5.97 Å². The van der Waals surface area contributed by atoms with Crippen LogP contribution < -0.4 is 5.32 Å². The number of benzene rings is 1. The number of esters is 1. The lowest BCUT2D eigenvalue weighted by atomic mass is 10.1. The number of unbranched alkanes of at least 4 members (excludes halogenated alkanes) is 2. The highest BCUT2D eigenvalue weighted by Gasteiger charge is 2.27. The molecule has 156 valence electrons. The average Bonchev–Trinajstić information content (AvgIpc) is 3.22. The highest BCUT2D eigenvalue weighted by atomic mass is 32.2. The van der Waals surface area contributed by atoms with Crippen LogP contribution in [0.2, 0.25) is 0 Å². The van der Waals surface area contributed by atoms with Crippen LogP contribution >= 0.6 is 0 Å². The average molecular weight is 411 g/mol. The predicted molar refractivity (Wildman–Crippen MR) is 106 cm³/mol. The molecular weight excluding hydrogens is 380 g/mol. The van der Waals surface area contributed by atoms with E-state index in [0.717, 1.165) is 38.5 Å². The Morgan fingerprint density at radius 2 is 1.79 bits per heavy atom. The molecule has 0 unspecified atom stereocenters. The molecule has 1 heterocycles. The number of rotatable bonds is 10. The zero-order valence-electron chi connectivity index (χ0n) is 16.6. The monoisotopic (exact) mass is 410 g/mol. The molecule has 0 saturated carbocycles. The van der Waals surface area contributed by atoms with Crippen molar-refractivity contribution in [1.82, 2.24) is 9.62 Å². The first-order valence-corrected chi connectivity index (χ1v) is 11.3. The number of hydrogen-bond donors (Lipinski definition) is 1. The molecule has 1 aromatic carbocycles. The van der Waals surface area contributed by atoms with Gasteiger partial charge < -0.3 is 10.1 Å². The summed E-state index contributed by atoms with van der Waals surface area (Å²) < 4.78 is 31.5. The first-order valence-electron chi connectivity index (χ1n) is 9.91. The highest BCUT2D eigenvalue weighted by Crippen LogP contribution is 2.21. The zero-order chi connectivity index (χ0) is 20.6. The first-order chi connectivity index (χ1) is 13.3. The molecule has 0 bridgehead atoms. The molecule has 8 heteroatoms. The van der Waals surface area contributed by atoms with Gasteiger partial charge in [0, 0.05) is 19.1 Å². The molecule has 1 amide bonds. The Hall–Kier alpha value is -1.93. The lowest BCUT2D eigenvalue weighted by Crippen LogP contribution is -2.35. The molecule has 1 aliphatic heterocycles. The Bertz CT molecular complexity index is 755. The quantitative estimate of drug-likeness (QED) is 0.473. The minimum atomic E-state index is -3.51. The van der Waals surface area contributed by atoms with Crippen molar-refractivity contribution < 1.29 is 22.7 Å². The topological polar surface area (TPSA) is 92.8 Å². The fraction of sp³-hybridized carbons (Fsp3) is 0.600. The molecule has 0 aromatic heterocycles. The molecule has 1 N–H and O–H groups in total. The van der Waals surface area contributed by atoms with Gasteiger partial charge in [-0.15, -0.1) is 0 Å². The normalized spacial score (nSPS) is 15.9. The fourth-order valence-corrected chi connectivity index (χ4v) is 4.66. The lowest BCUT2D eigenvalue weighted by molar-refractivity contribution is -0.124. The second-order valence-corrected chi connectivity index (χ2v) is 9.11. The summed E-state index contributed by atoms with van der Waals surface area (Å²) in [4.78, 5) is 24.1. The summed E-state index contributed by atoms with van der Waals surface area (Å²) >= 11 is 0. The van der Waals surface area contributed by atoms with Crippen molar-refractivity contribution in [2.24, 2.45) is 0 Å². The van der Waals surface area contributed by atoms with Gasteiger partial charge in [0.1, 0.15) is 0 Å². The zero-order valence-corrected chi connectivity index (χ0v) is 17.5. The standard InChI is InChI=1S/C20H30N2O5S/c1-3-4-5-8-16(2)21-19(23)15-27-20(24)17-9-11-18(12-10-17)28(25,26)22-13-6-7-14-22/h9-12,16H,3-8,13-15H2,1-2H3,(H,21,23)/t16-/m1/s1. The van der Waals surface area contributed by atoms with Crippen LogP contribution in [0.15, 0.2) is 29.2 Å². The van der Waals surface area contributed by atoms with E-state index in [0.29, 0.717) is 13.1 Å². The molecule has 0 spiro atoms. The van der Waals surface area contributed by atoms with Crippen molar-refractivity contribution in [2.45, 2.75) is 63.3 Å². The molecule has 1 aliphatic rings. The van der Waals surface area contributed by atoms with Crippen molar-refractivity contribution in [2.75, 3.05) is 19.7 Å². The SMILES string of the molecule is CCCCC[C@@H](C)NC(=O)COC(=O)c1ccc(S(=O)(=O)N2CCCC2)cc1. The summed E-state index contributed by atoms with van der Waals surface area (Å²) in [6.07, 6.45) is 5.91. The van der Waals surface area contributed by atoms with Gasteiger partial charge in [-0.25, -0.2) is 13.2 Å². The number of carbonyl (C=O) groups excluding carboxylic acids is 2. The van der Waals surface area contributed by atoms with Crippen LogP contribution in [0.5, 0.6) is 0 Å². The van der Waals surface area contributed by atoms with Crippen molar-refractivity contribution in [3.63, 3.8) is 0 Å². The van der Waals surface area contributed by atoms with Crippen LogP contribution in [0.25, 0.3) is 0 Å². The van der Waals surface area contributed by atoms with E-state index in [4.69, 9.17) is 4.74 Å². The summed E-state index contributed by atoms with van der Waals surface area (Å²) in [5, 5.41) is 2.80. The molecule has 28 heavy (non-hydrogen) atoms. The van der Waals surface area contributed by atoms with Gasteiger partial charge in [-0.05, 0) is 50.5 Å². The highest BCUT2D eigenvalue weighted by molar-refractivity contribution is 7.89. The number of nitrogens with one attached hydrogen (secondary N) is 1. The number of hydrogen-bond acceptors (Lipinski definition) is 5. The summed E-state index contributed by atoms with van der Waals surface area (Å²) in [6.45, 7) is 4.74. The van der Waals surface area contributed by atoms with Crippen LogP contribution in [-0.2, 0) is 19.6 Å². The van der Waals surface area contributed by atoms with Gasteiger partial charge in [0.15, 0.2) is 6.61 Å². The van der Waals surface area contributed by atoms with E-state index in [1.165, 1.54) is 28.6 Å². The van der Waals surface area contributed by atoms with Crippen LogP contribution in [0.1, 0.15) is 62.7 Å². The predicted octanol–water partition coefficient (Wildman–Crippen LogP) is 2.71. The fourth-order valence-electron chi connectivity index (χ4n) is 3.14. The first kappa shape index (κ1) is 22.4. The van der Waals surface area contributed by atoms with E-state index in [2.05, 4.69) is 12.2 Å². The molecule has 1 atom stereocenters. The third kappa shape index (κ3) is 6.31. The summed E-state index contributed by atoms with van der Waals surface area (Å²) in [7, 11) is -3.51. The maximum Gasteiger partial charge on any atom is 0.338 e. The van der Waals surface area contributed by atoms with Gasteiger partial charge in [0.2, 0.25) is 10.0 Å². The third-order valence-corrected chi connectivity index (χ3v) is 6.69. The van der Waals surface area contributed by atoms with Crippen LogP contribution in [0.3, 0.4) is 0 Å². The summed E-state index contributed by atoms with van der Waals surface area (Å²) in [6, 6.07) is 5.67. The Labute approximate surface area is 167 Å². The second-order valence-electron chi connectivity index (χ2n) is 7.18. The van der Waals surface area contributed by atoms with Gasteiger partial charge in [-0.2, -0.15) is 4.31 Å². The third-order valence-electron chi connectivity index (χ3n) is 4.78. The van der Waals surface area contributed by atoms with Gasteiger partial charge in [0.25, 0.3) is 5.91 Å². The summed E-state index contributed by atoms with van der Waals surface area (Å²) in [5.74, 6) is -0.996. The van der Waals surface area contributed by atoms with Crippen LogP contribution in [0.4, 0.5) is 0 Å². The summed E-state index contributed by atoms with van der Waals surface area (Å²) in [5.41, 5.74) is 0.212. The van der Waals surface area contributed by atoms with Crippen molar-refractivity contribution >= 4 is 21.9 Å². The molecule has 0 aliphatic carbocycles. The maximum absolute atomic E-state index is 12.5. The molecule has 7 nitrogen and oxygen atoms in total. The number of sulfonamides is 1. The molecule has 2 rings (SSSR count). The minimum Gasteiger partial charge on any atom is -0.452 e. The Morgan fingerprint density at radius 3 is 2.39 bits per heavy atom. The number of ether oxygens (including phenoxy) is 1. The number of carbonyl (C=O) groups is 2. The molecule has 0 radical (unpaired) electrons. The Balaban J connectivity index is 1.83. The van der Waals surface area contributed by atoms with E-state index in [1.54, 1.807) is 0 Å². The van der Waals surface area contributed by atoms with Crippen molar-refractivity contribution in [1.29, 1.82) is 0 Å².